The molecule has 1 amide bonds. The number of methoxy groups -OCH3 is 1. The van der Waals surface area contributed by atoms with Crippen LogP contribution in [0.5, 0.6) is 0 Å². The van der Waals surface area contributed by atoms with Crippen molar-refractivity contribution in [2.75, 3.05) is 40.3 Å². The highest BCUT2D eigenvalue weighted by molar-refractivity contribution is 5.85. The fourth-order valence-corrected chi connectivity index (χ4v) is 2.55. The van der Waals surface area contributed by atoms with Gasteiger partial charge in [0.05, 0.1) is 12.5 Å². The molecule has 7 heteroatoms. The highest BCUT2D eigenvalue weighted by Gasteiger charge is 2.26. The maximum atomic E-state index is 12.0. The molecule has 0 radical (unpaired) electrons. The summed E-state index contributed by atoms with van der Waals surface area (Å²) in [5, 5.41) is 0. The van der Waals surface area contributed by atoms with Crippen LogP contribution in [0.2, 0.25) is 0 Å². The molecule has 0 aromatic rings. The number of ether oxygens (including phenoxy) is 1. The van der Waals surface area contributed by atoms with E-state index < -0.39 is 0 Å². The normalized spacial score (nSPS) is 19.9. The van der Waals surface area contributed by atoms with Crippen molar-refractivity contribution in [2.45, 2.75) is 38.3 Å². The second-order valence-electron chi connectivity index (χ2n) is 5.00. The quantitative estimate of drug-likeness (QED) is 0.760. The summed E-state index contributed by atoms with van der Waals surface area (Å²) in [6.45, 7) is 5.60. The molecule has 0 saturated carbocycles. The number of nitrogens with zero attached hydrogens (tertiary/aromatic N) is 2. The van der Waals surface area contributed by atoms with E-state index in [-0.39, 0.29) is 36.8 Å². The third kappa shape index (κ3) is 6.59. The molecule has 122 valence electrons. The van der Waals surface area contributed by atoms with E-state index in [2.05, 4.69) is 11.8 Å². The molecule has 2 atom stereocenters. The second kappa shape index (κ2) is 11.6. The Kier molecular flexibility index (Phi) is 12.9. The monoisotopic (exact) mass is 329 g/mol. The van der Waals surface area contributed by atoms with Crippen LogP contribution in [0.15, 0.2) is 0 Å². The van der Waals surface area contributed by atoms with Gasteiger partial charge in [-0.05, 0) is 25.9 Å². The fraction of sp³-hybridized carbons (Fsp3) is 0.923. The largest absolute Gasteiger partial charge is 0.380 e. The van der Waals surface area contributed by atoms with Crippen LogP contribution in [0.4, 0.5) is 0 Å². The third-order valence-corrected chi connectivity index (χ3v) is 3.81. The van der Waals surface area contributed by atoms with E-state index in [1.807, 2.05) is 11.9 Å². The minimum Gasteiger partial charge on any atom is -0.380 e. The van der Waals surface area contributed by atoms with Gasteiger partial charge in [0, 0.05) is 33.3 Å². The molecule has 5 nitrogen and oxygen atoms in total. The summed E-state index contributed by atoms with van der Waals surface area (Å²) >= 11 is 0. The number of rotatable bonds is 7. The molecule has 1 heterocycles. The Balaban J connectivity index is 0. The Bertz CT molecular complexity index is 266. The standard InChI is InChI=1S/C13H27N3O2.2ClH/c1-4-16-7-5-6-11(16)10-15(2)13(17)8-12(9-14)18-3;;/h11-12H,4-10,14H2,1-3H3;2*1H. The van der Waals surface area contributed by atoms with Crippen molar-refractivity contribution < 1.29 is 9.53 Å². The van der Waals surface area contributed by atoms with Crippen molar-refractivity contribution in [3.8, 4) is 0 Å². The smallest absolute Gasteiger partial charge is 0.225 e. The number of likely N-dealkylation sites (tertiary alicyclic amines) is 1. The third-order valence-electron chi connectivity index (χ3n) is 3.81. The first-order valence-corrected chi connectivity index (χ1v) is 6.83. The number of hydrogen-bond acceptors (Lipinski definition) is 4. The average Bonchev–Trinajstić information content (AvgIpc) is 2.82. The van der Waals surface area contributed by atoms with Crippen LogP contribution in [0, 0.1) is 0 Å². The molecule has 0 bridgehead atoms. The Morgan fingerprint density at radius 2 is 2.15 bits per heavy atom. The van der Waals surface area contributed by atoms with Crippen LogP contribution < -0.4 is 5.73 Å². The van der Waals surface area contributed by atoms with E-state index in [4.69, 9.17) is 10.5 Å². The maximum absolute atomic E-state index is 12.0. The summed E-state index contributed by atoms with van der Waals surface area (Å²) in [6, 6.07) is 0.517. The number of carbonyl (C=O) groups excluding carboxylic acids is 1. The van der Waals surface area contributed by atoms with Crippen molar-refractivity contribution in [3.05, 3.63) is 0 Å². The topological polar surface area (TPSA) is 58.8 Å². The predicted molar refractivity (Wildman–Crippen MR) is 86.9 cm³/mol. The second-order valence-corrected chi connectivity index (χ2v) is 5.00. The average molecular weight is 330 g/mol. The van der Waals surface area contributed by atoms with Crippen molar-refractivity contribution in [1.29, 1.82) is 0 Å². The first-order valence-electron chi connectivity index (χ1n) is 6.83. The van der Waals surface area contributed by atoms with Crippen LogP contribution in [0.25, 0.3) is 0 Å². The van der Waals surface area contributed by atoms with Gasteiger partial charge in [-0.2, -0.15) is 0 Å². The lowest BCUT2D eigenvalue weighted by Crippen LogP contribution is -2.42. The van der Waals surface area contributed by atoms with Gasteiger partial charge in [0.1, 0.15) is 0 Å². The summed E-state index contributed by atoms with van der Waals surface area (Å²) < 4.78 is 5.15. The molecule has 0 aliphatic carbocycles. The van der Waals surface area contributed by atoms with Crippen LogP contribution in [-0.2, 0) is 9.53 Å². The van der Waals surface area contributed by atoms with Crippen molar-refractivity contribution in [2.24, 2.45) is 5.73 Å². The molecule has 0 aromatic carbocycles. The first-order chi connectivity index (χ1) is 8.62. The number of hydrogen-bond donors (Lipinski definition) is 1. The minimum atomic E-state index is -0.161. The van der Waals surface area contributed by atoms with Gasteiger partial charge in [-0.25, -0.2) is 0 Å². The molecule has 1 fully saturated rings. The molecule has 1 aliphatic rings. The first kappa shape index (κ1) is 22.2. The van der Waals surface area contributed by atoms with E-state index in [1.54, 1.807) is 7.11 Å². The van der Waals surface area contributed by atoms with E-state index >= 15 is 0 Å². The molecule has 1 saturated heterocycles. The predicted octanol–water partition coefficient (Wildman–Crippen LogP) is 1.14. The molecular weight excluding hydrogens is 301 g/mol. The van der Waals surface area contributed by atoms with Gasteiger partial charge >= 0.3 is 0 Å². The highest BCUT2D eigenvalue weighted by atomic mass is 35.5. The van der Waals surface area contributed by atoms with E-state index in [1.165, 1.54) is 12.8 Å². The van der Waals surface area contributed by atoms with Crippen LogP contribution in [0.1, 0.15) is 26.2 Å². The van der Waals surface area contributed by atoms with Crippen molar-refractivity contribution in [3.63, 3.8) is 0 Å². The summed E-state index contributed by atoms with van der Waals surface area (Å²) in [5.41, 5.74) is 5.53. The molecule has 2 unspecified atom stereocenters. The van der Waals surface area contributed by atoms with Gasteiger partial charge in [0.25, 0.3) is 0 Å². The molecule has 20 heavy (non-hydrogen) atoms. The minimum absolute atomic E-state index is 0. The maximum Gasteiger partial charge on any atom is 0.225 e. The fourth-order valence-electron chi connectivity index (χ4n) is 2.55. The van der Waals surface area contributed by atoms with Crippen molar-refractivity contribution >= 4 is 30.7 Å². The molecular formula is C13H29Cl2N3O2. The molecule has 1 rings (SSSR count). The Morgan fingerprint density at radius 3 is 2.65 bits per heavy atom. The SMILES string of the molecule is CCN1CCCC1CN(C)C(=O)CC(CN)OC.Cl.Cl. The van der Waals surface area contributed by atoms with Gasteiger partial charge in [-0.15, -0.1) is 24.8 Å². The van der Waals surface area contributed by atoms with Gasteiger partial charge in [0.2, 0.25) is 5.91 Å². The molecule has 1 aliphatic heterocycles. The number of carbonyl (C=O) groups is 1. The van der Waals surface area contributed by atoms with E-state index in [0.29, 0.717) is 19.0 Å². The van der Waals surface area contributed by atoms with E-state index in [0.717, 1.165) is 19.6 Å². The number of nitrogens with two attached hydrogens (primary N) is 1. The summed E-state index contributed by atoms with van der Waals surface area (Å²) in [6.07, 6.45) is 2.65. The summed E-state index contributed by atoms with van der Waals surface area (Å²) in [4.78, 5) is 16.3. The zero-order valence-corrected chi connectivity index (χ0v) is 14.3. The van der Waals surface area contributed by atoms with Crippen LogP contribution in [0.3, 0.4) is 0 Å². The van der Waals surface area contributed by atoms with Gasteiger partial charge < -0.3 is 15.4 Å². The Hall–Kier alpha value is -0.0700. The van der Waals surface area contributed by atoms with Crippen LogP contribution in [-0.4, -0.2) is 68.2 Å². The Morgan fingerprint density at radius 1 is 1.50 bits per heavy atom. The molecule has 2 N–H and O–H groups in total. The molecule has 0 spiro atoms. The van der Waals surface area contributed by atoms with Crippen molar-refractivity contribution in [1.82, 2.24) is 9.80 Å². The van der Waals surface area contributed by atoms with Gasteiger partial charge in [0.15, 0.2) is 0 Å². The van der Waals surface area contributed by atoms with Crippen LogP contribution >= 0.6 is 24.8 Å². The zero-order chi connectivity index (χ0) is 13.5. The lowest BCUT2D eigenvalue weighted by molar-refractivity contribution is -0.132. The molecule has 0 aromatic heterocycles. The van der Waals surface area contributed by atoms with Gasteiger partial charge in [-0.3, -0.25) is 9.69 Å². The summed E-state index contributed by atoms with van der Waals surface area (Å²) in [7, 11) is 3.47. The van der Waals surface area contributed by atoms with Gasteiger partial charge in [-0.1, -0.05) is 6.92 Å². The Labute approximate surface area is 135 Å². The number of amides is 1. The lowest BCUT2D eigenvalue weighted by atomic mass is 10.2. The van der Waals surface area contributed by atoms with E-state index in [9.17, 15) is 4.79 Å². The highest BCUT2D eigenvalue weighted by Crippen LogP contribution is 2.17. The number of halogens is 2. The lowest BCUT2D eigenvalue weighted by Gasteiger charge is -2.28. The zero-order valence-electron chi connectivity index (χ0n) is 12.7. The number of likely N-dealkylation sites (N-methyl/N-ethyl adjacent to an activating group) is 2. The summed E-state index contributed by atoms with van der Waals surface area (Å²) in [5.74, 6) is 0.121.